The third-order valence-corrected chi connectivity index (χ3v) is 3.84. The highest BCUT2D eigenvalue weighted by atomic mass is 32.2. The molecule has 0 unspecified atom stereocenters. The number of rotatable bonds is 6. The summed E-state index contributed by atoms with van der Waals surface area (Å²) < 4.78 is 31.0. The topological polar surface area (TPSA) is 84.5 Å². The van der Waals surface area contributed by atoms with Crippen molar-refractivity contribution < 1.29 is 17.9 Å². The van der Waals surface area contributed by atoms with Crippen molar-refractivity contribution in [3.63, 3.8) is 0 Å². The molecule has 0 radical (unpaired) electrons. The van der Waals surface area contributed by atoms with Gasteiger partial charge in [0.15, 0.2) is 0 Å². The van der Waals surface area contributed by atoms with Crippen molar-refractivity contribution in [3.8, 4) is 5.75 Å². The third-order valence-electron chi connectivity index (χ3n) is 2.43. The molecule has 0 spiro atoms. The van der Waals surface area contributed by atoms with Gasteiger partial charge in [-0.05, 0) is 32.2 Å². The van der Waals surface area contributed by atoms with E-state index in [9.17, 15) is 13.2 Å². The summed E-state index contributed by atoms with van der Waals surface area (Å²) in [4.78, 5) is 11.5. The Morgan fingerprint density at radius 1 is 1.32 bits per heavy atom. The number of anilines is 1. The fraction of sp³-hybridized carbons (Fsp3) is 0.417. The van der Waals surface area contributed by atoms with Gasteiger partial charge in [-0.1, -0.05) is 6.92 Å². The van der Waals surface area contributed by atoms with Gasteiger partial charge in [0, 0.05) is 6.42 Å². The molecular weight excluding hydrogens is 268 g/mol. The Morgan fingerprint density at radius 2 is 2.00 bits per heavy atom. The number of sulfonamides is 1. The molecule has 1 aromatic carbocycles. The lowest BCUT2D eigenvalue weighted by molar-refractivity contribution is -0.115. The van der Waals surface area contributed by atoms with E-state index in [2.05, 4.69) is 10.0 Å². The van der Waals surface area contributed by atoms with Gasteiger partial charge < -0.3 is 10.1 Å². The number of hydrogen-bond acceptors (Lipinski definition) is 4. The normalized spacial score (nSPS) is 11.1. The summed E-state index contributed by atoms with van der Waals surface area (Å²) in [5.41, 5.74) is 0.352. The van der Waals surface area contributed by atoms with Crippen molar-refractivity contribution in [2.45, 2.75) is 25.2 Å². The van der Waals surface area contributed by atoms with Crippen LogP contribution in [0.1, 0.15) is 20.3 Å². The zero-order valence-electron chi connectivity index (χ0n) is 11.2. The first-order valence-corrected chi connectivity index (χ1v) is 7.43. The maximum absolute atomic E-state index is 11.7. The van der Waals surface area contributed by atoms with Crippen LogP contribution in [0.15, 0.2) is 23.1 Å². The van der Waals surface area contributed by atoms with Gasteiger partial charge in [-0.2, -0.15) is 0 Å². The van der Waals surface area contributed by atoms with Gasteiger partial charge in [-0.15, -0.1) is 0 Å². The molecule has 7 heteroatoms. The number of carbonyl (C=O) groups excluding carboxylic acids is 1. The summed E-state index contributed by atoms with van der Waals surface area (Å²) in [6, 6.07) is 4.34. The summed E-state index contributed by atoms with van der Waals surface area (Å²) in [5.74, 6) is 0.235. The van der Waals surface area contributed by atoms with Gasteiger partial charge in [-0.25, -0.2) is 13.1 Å². The molecule has 0 saturated carbocycles. The molecule has 0 atom stereocenters. The van der Waals surface area contributed by atoms with Gasteiger partial charge in [0.25, 0.3) is 0 Å². The smallest absolute Gasteiger partial charge is 0.240 e. The Balaban J connectivity index is 3.21. The van der Waals surface area contributed by atoms with Crippen molar-refractivity contribution in [2.24, 2.45) is 0 Å². The SMILES string of the molecule is CCOc1ccc(S(=O)(=O)NC)cc1NC(=O)CC. The van der Waals surface area contributed by atoms with Gasteiger partial charge in [0.2, 0.25) is 15.9 Å². The number of hydrogen-bond donors (Lipinski definition) is 2. The van der Waals surface area contributed by atoms with Crippen LogP contribution in [0.3, 0.4) is 0 Å². The number of nitrogens with one attached hydrogen (secondary N) is 2. The molecule has 106 valence electrons. The van der Waals surface area contributed by atoms with E-state index in [1.165, 1.54) is 25.2 Å². The van der Waals surface area contributed by atoms with Crippen molar-refractivity contribution >= 4 is 21.6 Å². The molecular formula is C12H18N2O4S. The highest BCUT2D eigenvalue weighted by molar-refractivity contribution is 7.89. The van der Waals surface area contributed by atoms with Crippen LogP contribution < -0.4 is 14.8 Å². The number of ether oxygens (including phenoxy) is 1. The molecule has 1 amide bonds. The lowest BCUT2D eigenvalue weighted by Gasteiger charge is -2.13. The lowest BCUT2D eigenvalue weighted by atomic mass is 10.3. The minimum atomic E-state index is -3.55. The third kappa shape index (κ3) is 3.93. The fourth-order valence-electron chi connectivity index (χ4n) is 1.41. The summed E-state index contributed by atoms with van der Waals surface area (Å²) in [7, 11) is -2.22. The Kier molecular flexibility index (Phi) is 5.31. The molecule has 0 aliphatic heterocycles. The van der Waals surface area contributed by atoms with E-state index in [1.807, 2.05) is 6.92 Å². The Hall–Kier alpha value is -1.60. The molecule has 0 aliphatic carbocycles. The predicted octanol–water partition coefficient (Wildman–Crippen LogP) is 1.34. The molecule has 0 aromatic heterocycles. The predicted molar refractivity (Wildman–Crippen MR) is 72.8 cm³/mol. The maximum atomic E-state index is 11.7. The van der Waals surface area contributed by atoms with E-state index in [-0.39, 0.29) is 10.8 Å². The zero-order chi connectivity index (χ0) is 14.5. The second-order valence-corrected chi connectivity index (χ2v) is 5.59. The molecule has 1 rings (SSSR count). The summed E-state index contributed by atoms with van der Waals surface area (Å²) >= 11 is 0. The van der Waals surface area contributed by atoms with Crippen molar-refractivity contribution in [1.82, 2.24) is 4.72 Å². The summed E-state index contributed by atoms with van der Waals surface area (Å²) in [6.45, 7) is 3.95. The lowest BCUT2D eigenvalue weighted by Crippen LogP contribution is -2.19. The quantitative estimate of drug-likeness (QED) is 0.826. The van der Waals surface area contributed by atoms with Gasteiger partial charge in [0.05, 0.1) is 17.2 Å². The summed E-state index contributed by atoms with van der Waals surface area (Å²) in [6.07, 6.45) is 0.300. The second-order valence-electron chi connectivity index (χ2n) is 3.70. The monoisotopic (exact) mass is 286 g/mol. The van der Waals surface area contributed by atoms with Gasteiger partial charge in [0.1, 0.15) is 5.75 Å². The summed E-state index contributed by atoms with van der Waals surface area (Å²) in [5, 5.41) is 2.63. The molecule has 0 fully saturated rings. The van der Waals surface area contributed by atoms with Gasteiger partial charge in [-0.3, -0.25) is 4.79 Å². The largest absolute Gasteiger partial charge is 0.492 e. The van der Waals surface area contributed by atoms with Crippen LogP contribution >= 0.6 is 0 Å². The molecule has 2 N–H and O–H groups in total. The minimum absolute atomic E-state index is 0.0739. The Labute approximate surface area is 113 Å². The minimum Gasteiger partial charge on any atom is -0.492 e. The number of benzene rings is 1. The highest BCUT2D eigenvalue weighted by Crippen LogP contribution is 2.27. The number of carbonyl (C=O) groups is 1. The molecule has 0 aliphatic rings. The van der Waals surface area contributed by atoms with Crippen LogP contribution in [0.4, 0.5) is 5.69 Å². The molecule has 1 aromatic rings. The Bertz CT molecular complexity index is 555. The van der Waals surface area contributed by atoms with E-state index in [0.717, 1.165) is 0 Å². The first-order chi connectivity index (χ1) is 8.94. The van der Waals surface area contributed by atoms with Crippen molar-refractivity contribution in [2.75, 3.05) is 19.0 Å². The van der Waals surface area contributed by atoms with Crippen LogP contribution in [0.25, 0.3) is 0 Å². The van der Waals surface area contributed by atoms with Gasteiger partial charge >= 0.3 is 0 Å². The van der Waals surface area contributed by atoms with Crippen LogP contribution in [-0.2, 0) is 14.8 Å². The van der Waals surface area contributed by atoms with E-state index in [0.29, 0.717) is 24.5 Å². The van der Waals surface area contributed by atoms with Crippen molar-refractivity contribution in [1.29, 1.82) is 0 Å². The first kappa shape index (κ1) is 15.5. The van der Waals surface area contributed by atoms with Crippen LogP contribution in [0.5, 0.6) is 5.75 Å². The molecule has 0 saturated heterocycles. The van der Waals surface area contributed by atoms with E-state index >= 15 is 0 Å². The number of amides is 1. The van der Waals surface area contributed by atoms with Crippen LogP contribution in [0.2, 0.25) is 0 Å². The van der Waals surface area contributed by atoms with E-state index < -0.39 is 10.0 Å². The van der Waals surface area contributed by atoms with Crippen molar-refractivity contribution in [3.05, 3.63) is 18.2 Å². The first-order valence-electron chi connectivity index (χ1n) is 5.94. The van der Waals surface area contributed by atoms with Crippen LogP contribution in [0, 0.1) is 0 Å². The molecule has 19 heavy (non-hydrogen) atoms. The maximum Gasteiger partial charge on any atom is 0.240 e. The van der Waals surface area contributed by atoms with Crippen LogP contribution in [-0.4, -0.2) is 28.0 Å². The highest BCUT2D eigenvalue weighted by Gasteiger charge is 2.15. The molecule has 6 nitrogen and oxygen atoms in total. The molecule has 0 bridgehead atoms. The average molecular weight is 286 g/mol. The zero-order valence-corrected chi connectivity index (χ0v) is 12.0. The second kappa shape index (κ2) is 6.53. The Morgan fingerprint density at radius 3 is 2.53 bits per heavy atom. The average Bonchev–Trinajstić information content (AvgIpc) is 2.40. The standard InChI is InChI=1S/C12H18N2O4S/c1-4-12(15)14-10-8-9(19(16,17)13-3)6-7-11(10)18-5-2/h6-8,13H,4-5H2,1-3H3,(H,14,15). The fourth-order valence-corrected chi connectivity index (χ4v) is 2.17. The van der Waals surface area contributed by atoms with E-state index in [4.69, 9.17) is 4.74 Å². The molecule has 0 heterocycles. The van der Waals surface area contributed by atoms with E-state index in [1.54, 1.807) is 6.92 Å².